The number of hydrogen-bond donors (Lipinski definition) is 2. The van der Waals surface area contributed by atoms with Crippen LogP contribution in [0.5, 0.6) is 5.75 Å². The van der Waals surface area contributed by atoms with E-state index in [1.165, 1.54) is 20.1 Å². The summed E-state index contributed by atoms with van der Waals surface area (Å²) in [5, 5.41) is 5.78. The van der Waals surface area contributed by atoms with Gasteiger partial charge in [-0.2, -0.15) is 0 Å². The van der Waals surface area contributed by atoms with Gasteiger partial charge in [-0.1, -0.05) is 23.7 Å². The lowest BCUT2D eigenvalue weighted by atomic mass is 10.2. The van der Waals surface area contributed by atoms with Gasteiger partial charge in [-0.25, -0.2) is 4.79 Å². The summed E-state index contributed by atoms with van der Waals surface area (Å²) in [6.45, 7) is 0.900. The molecule has 2 aromatic rings. The van der Waals surface area contributed by atoms with E-state index in [1.807, 2.05) is 0 Å². The van der Waals surface area contributed by atoms with E-state index in [0.29, 0.717) is 22.1 Å². The number of esters is 1. The van der Waals surface area contributed by atoms with Crippen LogP contribution in [0.4, 0.5) is 11.4 Å². The van der Waals surface area contributed by atoms with E-state index in [4.69, 9.17) is 21.1 Å². The van der Waals surface area contributed by atoms with Gasteiger partial charge in [-0.05, 0) is 42.0 Å². The molecule has 0 unspecified atom stereocenters. The number of halogens is 1. The van der Waals surface area contributed by atoms with Gasteiger partial charge in [0.2, 0.25) is 5.91 Å². The molecule has 2 rings (SSSR count). The minimum Gasteiger partial charge on any atom is -0.495 e. The van der Waals surface area contributed by atoms with Crippen molar-refractivity contribution >= 4 is 46.8 Å². The number of anilines is 2. The van der Waals surface area contributed by atoms with Crippen LogP contribution in [0.1, 0.15) is 12.5 Å². The highest BCUT2D eigenvalue weighted by Gasteiger charge is 2.11. The molecule has 0 heterocycles. The fourth-order valence-corrected chi connectivity index (χ4v) is 2.32. The van der Waals surface area contributed by atoms with Crippen LogP contribution in [-0.4, -0.2) is 31.5 Å². The van der Waals surface area contributed by atoms with Gasteiger partial charge in [0.05, 0.1) is 12.8 Å². The van der Waals surface area contributed by atoms with E-state index >= 15 is 0 Å². The molecule has 0 aliphatic rings. The molecule has 0 spiro atoms. The van der Waals surface area contributed by atoms with Gasteiger partial charge in [0, 0.05) is 23.7 Å². The maximum atomic E-state index is 12.1. The molecule has 28 heavy (non-hydrogen) atoms. The zero-order valence-corrected chi connectivity index (χ0v) is 16.1. The van der Waals surface area contributed by atoms with Crippen LogP contribution in [0, 0.1) is 0 Å². The van der Waals surface area contributed by atoms with Gasteiger partial charge in [-0.3, -0.25) is 9.59 Å². The molecule has 0 fully saturated rings. The summed E-state index contributed by atoms with van der Waals surface area (Å²) < 4.78 is 10.1. The van der Waals surface area contributed by atoms with E-state index in [2.05, 4.69) is 10.6 Å². The summed E-state index contributed by atoms with van der Waals surface area (Å²) in [6.07, 6.45) is 2.77. The minimum absolute atomic E-state index is 0.246. The normalized spacial score (nSPS) is 10.4. The Hall–Kier alpha value is -3.32. The van der Waals surface area contributed by atoms with Gasteiger partial charge < -0.3 is 20.1 Å². The first-order chi connectivity index (χ1) is 13.4. The van der Waals surface area contributed by atoms with Crippen molar-refractivity contribution in [3.63, 3.8) is 0 Å². The van der Waals surface area contributed by atoms with Gasteiger partial charge >= 0.3 is 5.97 Å². The number of rotatable bonds is 7. The second-order valence-corrected chi connectivity index (χ2v) is 6.07. The fourth-order valence-electron chi connectivity index (χ4n) is 2.20. The summed E-state index contributed by atoms with van der Waals surface area (Å²) in [6, 6.07) is 11.7. The molecular weight excluding hydrogens is 384 g/mol. The average Bonchev–Trinajstić information content (AvgIpc) is 2.65. The van der Waals surface area contributed by atoms with Crippen molar-refractivity contribution in [3.05, 3.63) is 59.1 Å². The monoisotopic (exact) mass is 402 g/mol. The number of benzene rings is 2. The molecule has 0 radical (unpaired) electrons. The van der Waals surface area contributed by atoms with Crippen molar-refractivity contribution < 1.29 is 23.9 Å². The van der Waals surface area contributed by atoms with Crippen molar-refractivity contribution in [2.45, 2.75) is 6.92 Å². The molecule has 8 heteroatoms. The van der Waals surface area contributed by atoms with E-state index < -0.39 is 18.5 Å². The largest absolute Gasteiger partial charge is 0.495 e. The predicted molar refractivity (Wildman–Crippen MR) is 107 cm³/mol. The smallest absolute Gasteiger partial charge is 0.331 e. The zero-order valence-electron chi connectivity index (χ0n) is 15.3. The Kier molecular flexibility index (Phi) is 7.59. The van der Waals surface area contributed by atoms with Gasteiger partial charge in [0.25, 0.3) is 5.91 Å². The second kappa shape index (κ2) is 10.1. The van der Waals surface area contributed by atoms with Crippen LogP contribution in [0.25, 0.3) is 6.08 Å². The summed E-state index contributed by atoms with van der Waals surface area (Å²) >= 11 is 5.79. The van der Waals surface area contributed by atoms with Crippen molar-refractivity contribution in [2.75, 3.05) is 24.4 Å². The number of methoxy groups -OCH3 is 1. The Balaban J connectivity index is 1.91. The third-order valence-corrected chi connectivity index (χ3v) is 3.67. The number of nitrogens with one attached hydrogen (secondary N) is 2. The molecule has 7 nitrogen and oxygen atoms in total. The molecule has 2 amide bonds. The van der Waals surface area contributed by atoms with Crippen molar-refractivity contribution in [3.8, 4) is 5.75 Å². The molecular formula is C20H19ClN2O5. The SMILES string of the molecule is COc1ccc(NC(C)=O)cc1NC(=O)COC(=O)/C=C/c1ccc(Cl)cc1. The lowest BCUT2D eigenvalue weighted by molar-refractivity contribution is -0.142. The molecule has 146 valence electrons. The number of ether oxygens (including phenoxy) is 2. The molecule has 0 aliphatic heterocycles. The number of amides is 2. The molecule has 0 aliphatic carbocycles. The van der Waals surface area contributed by atoms with Crippen LogP contribution >= 0.6 is 11.6 Å². The third kappa shape index (κ3) is 6.77. The van der Waals surface area contributed by atoms with Crippen molar-refractivity contribution in [2.24, 2.45) is 0 Å². The maximum absolute atomic E-state index is 12.1. The van der Waals surface area contributed by atoms with E-state index in [0.717, 1.165) is 5.56 Å². The Bertz CT molecular complexity index is 894. The Morgan fingerprint density at radius 3 is 2.43 bits per heavy atom. The van der Waals surface area contributed by atoms with Crippen LogP contribution in [-0.2, 0) is 19.1 Å². The molecule has 2 aromatic carbocycles. The van der Waals surface area contributed by atoms with Crippen LogP contribution in [0.15, 0.2) is 48.5 Å². The van der Waals surface area contributed by atoms with E-state index in [1.54, 1.807) is 48.5 Å². The molecule has 0 atom stereocenters. The van der Waals surface area contributed by atoms with Crippen molar-refractivity contribution in [1.82, 2.24) is 0 Å². The second-order valence-electron chi connectivity index (χ2n) is 5.64. The maximum Gasteiger partial charge on any atom is 0.331 e. The standard InChI is InChI=1S/C20H19ClN2O5/c1-13(24)22-16-8-9-18(27-2)17(11-16)23-19(25)12-28-20(26)10-5-14-3-6-15(21)7-4-14/h3-11H,12H2,1-2H3,(H,22,24)(H,23,25)/b10-5+. The summed E-state index contributed by atoms with van der Waals surface area (Å²) in [5.41, 5.74) is 1.60. The zero-order chi connectivity index (χ0) is 20.5. The van der Waals surface area contributed by atoms with Gasteiger partial charge in [-0.15, -0.1) is 0 Å². The summed E-state index contributed by atoms with van der Waals surface area (Å²) in [7, 11) is 1.45. The Labute approximate surface area is 167 Å². The first-order valence-electron chi connectivity index (χ1n) is 8.23. The first kappa shape index (κ1) is 21.0. The van der Waals surface area contributed by atoms with E-state index in [9.17, 15) is 14.4 Å². The highest BCUT2D eigenvalue weighted by Crippen LogP contribution is 2.27. The first-order valence-corrected chi connectivity index (χ1v) is 8.61. The highest BCUT2D eigenvalue weighted by atomic mass is 35.5. The van der Waals surface area contributed by atoms with Crippen LogP contribution < -0.4 is 15.4 Å². The van der Waals surface area contributed by atoms with Crippen molar-refractivity contribution in [1.29, 1.82) is 0 Å². The van der Waals surface area contributed by atoms with E-state index in [-0.39, 0.29) is 5.91 Å². The molecule has 0 bridgehead atoms. The highest BCUT2D eigenvalue weighted by molar-refractivity contribution is 6.30. The summed E-state index contributed by atoms with van der Waals surface area (Å²) in [4.78, 5) is 35.0. The Morgan fingerprint density at radius 1 is 1.07 bits per heavy atom. The topological polar surface area (TPSA) is 93.7 Å². The van der Waals surface area contributed by atoms with Gasteiger partial charge in [0.1, 0.15) is 5.75 Å². The lowest BCUT2D eigenvalue weighted by Gasteiger charge is -2.12. The van der Waals surface area contributed by atoms with Gasteiger partial charge in [0.15, 0.2) is 6.61 Å². The third-order valence-electron chi connectivity index (χ3n) is 3.42. The fraction of sp³-hybridized carbons (Fsp3) is 0.150. The molecule has 0 aromatic heterocycles. The minimum atomic E-state index is -0.663. The molecule has 2 N–H and O–H groups in total. The lowest BCUT2D eigenvalue weighted by Crippen LogP contribution is -2.20. The number of hydrogen-bond acceptors (Lipinski definition) is 5. The number of carbonyl (C=O) groups excluding carboxylic acids is 3. The Morgan fingerprint density at radius 2 is 1.79 bits per heavy atom. The van der Waals surface area contributed by atoms with Crippen LogP contribution in [0.2, 0.25) is 5.02 Å². The quantitative estimate of drug-likeness (QED) is 0.546. The molecule has 0 saturated carbocycles. The predicted octanol–water partition coefficient (Wildman–Crippen LogP) is 3.50. The summed E-state index contributed by atoms with van der Waals surface area (Å²) in [5.74, 6) is -1.06. The van der Waals surface area contributed by atoms with Crippen LogP contribution in [0.3, 0.4) is 0 Å². The molecule has 0 saturated heterocycles. The average molecular weight is 403 g/mol. The number of carbonyl (C=O) groups is 3.